The molecule has 0 saturated carbocycles. The van der Waals surface area contributed by atoms with Gasteiger partial charge in [-0.2, -0.15) is 5.26 Å². The van der Waals surface area contributed by atoms with Crippen molar-refractivity contribution < 1.29 is 5.11 Å². The maximum absolute atomic E-state index is 11.1. The number of nitrogens with zero attached hydrogens (tertiary/aromatic N) is 3. The molecule has 0 fully saturated rings. The Morgan fingerprint density at radius 2 is 1.68 bits per heavy atom. The number of fused-ring (bicyclic) bond motifs is 3. The Bertz CT molecular complexity index is 1300. The number of benzene rings is 2. The Kier molecular flexibility index (Phi) is 3.75. The third kappa shape index (κ3) is 2.58. The van der Waals surface area contributed by atoms with Gasteiger partial charge in [0.15, 0.2) is 0 Å². The van der Waals surface area contributed by atoms with Crippen LogP contribution in [0.15, 0.2) is 67.0 Å². The molecule has 1 unspecified atom stereocenters. The van der Waals surface area contributed by atoms with Crippen LogP contribution < -0.4 is 0 Å². The predicted molar refractivity (Wildman–Crippen MR) is 109 cm³/mol. The lowest BCUT2D eigenvalue weighted by Crippen LogP contribution is -2.05. The van der Waals surface area contributed by atoms with Crippen molar-refractivity contribution >= 4 is 23.1 Å². The number of aromatic nitrogens is 2. The number of aliphatic hydroxyl groups is 1. The van der Waals surface area contributed by atoms with Gasteiger partial charge in [0.1, 0.15) is 6.10 Å². The van der Waals surface area contributed by atoms with E-state index in [2.05, 4.69) is 22.1 Å². The van der Waals surface area contributed by atoms with E-state index in [0.29, 0.717) is 16.8 Å². The number of pyridine rings is 2. The minimum atomic E-state index is -0.853. The van der Waals surface area contributed by atoms with Crippen LogP contribution in [0.2, 0.25) is 0 Å². The van der Waals surface area contributed by atoms with Gasteiger partial charge in [0, 0.05) is 34.5 Å². The van der Waals surface area contributed by atoms with Crippen LogP contribution in [0.1, 0.15) is 34.1 Å². The molecule has 0 bridgehead atoms. The van der Waals surface area contributed by atoms with E-state index in [1.165, 1.54) is 0 Å². The molecule has 0 amide bonds. The van der Waals surface area contributed by atoms with Crippen LogP contribution in [0.25, 0.3) is 34.2 Å². The first kappa shape index (κ1) is 16.4. The summed E-state index contributed by atoms with van der Waals surface area (Å²) in [6.07, 6.45) is 6.48. The molecule has 4 aromatic rings. The maximum atomic E-state index is 11.1. The molecule has 28 heavy (non-hydrogen) atoms. The number of hydrogen-bond acceptors (Lipinski definition) is 4. The van der Waals surface area contributed by atoms with E-state index < -0.39 is 6.10 Å². The summed E-state index contributed by atoms with van der Waals surface area (Å²) in [6, 6.07) is 19.6. The molecule has 1 N–H and O–H groups in total. The molecule has 0 saturated heterocycles. The second kappa shape index (κ2) is 6.41. The smallest absolute Gasteiger partial charge is 0.107 e. The highest BCUT2D eigenvalue weighted by Gasteiger charge is 2.22. The Labute approximate surface area is 162 Å². The van der Waals surface area contributed by atoms with Crippen LogP contribution >= 0.6 is 0 Å². The fourth-order valence-electron chi connectivity index (χ4n) is 3.67. The van der Waals surface area contributed by atoms with Crippen molar-refractivity contribution in [3.8, 4) is 17.2 Å². The van der Waals surface area contributed by atoms with Crippen molar-refractivity contribution in [2.75, 3.05) is 0 Å². The van der Waals surface area contributed by atoms with E-state index in [1.807, 2.05) is 54.7 Å². The lowest BCUT2D eigenvalue weighted by atomic mass is 9.94. The normalized spacial score (nSPS) is 14.8. The van der Waals surface area contributed by atoms with Crippen molar-refractivity contribution in [2.45, 2.75) is 6.10 Å². The maximum Gasteiger partial charge on any atom is 0.107 e. The van der Waals surface area contributed by atoms with Crippen LogP contribution in [-0.4, -0.2) is 15.1 Å². The first-order chi connectivity index (χ1) is 13.7. The molecular weight excluding hydrogens is 346 g/mol. The Hall–Kier alpha value is -3.81. The summed E-state index contributed by atoms with van der Waals surface area (Å²) in [5.74, 6) is 0. The van der Waals surface area contributed by atoms with Crippen LogP contribution in [0.3, 0.4) is 0 Å². The number of nitriles is 1. The van der Waals surface area contributed by atoms with Gasteiger partial charge in [-0.25, -0.2) is 0 Å². The minimum Gasteiger partial charge on any atom is -0.384 e. The van der Waals surface area contributed by atoms with Crippen LogP contribution in [0.4, 0.5) is 0 Å². The third-order valence-electron chi connectivity index (χ3n) is 5.13. The Balaban J connectivity index is 1.65. The highest BCUT2D eigenvalue weighted by molar-refractivity contribution is 5.84. The van der Waals surface area contributed by atoms with E-state index in [0.717, 1.165) is 33.2 Å². The van der Waals surface area contributed by atoms with Crippen molar-refractivity contribution in [1.29, 1.82) is 5.26 Å². The van der Waals surface area contributed by atoms with Gasteiger partial charge >= 0.3 is 0 Å². The predicted octanol–water partition coefficient (Wildman–Crippen LogP) is 4.73. The SMILES string of the molecule is N#Cc1cccc2c1C=Cc1ncc(-c3cnc4ccccc4c3)cc1C2O. The van der Waals surface area contributed by atoms with Gasteiger partial charge in [-0.3, -0.25) is 9.97 Å². The Morgan fingerprint density at radius 1 is 0.857 bits per heavy atom. The summed E-state index contributed by atoms with van der Waals surface area (Å²) >= 11 is 0. The molecule has 2 aromatic heterocycles. The van der Waals surface area contributed by atoms with Crippen molar-refractivity contribution in [3.63, 3.8) is 0 Å². The molecule has 1 aliphatic carbocycles. The zero-order chi connectivity index (χ0) is 19.1. The second-order valence-electron chi connectivity index (χ2n) is 6.77. The fourth-order valence-corrected chi connectivity index (χ4v) is 3.67. The quantitative estimate of drug-likeness (QED) is 0.532. The van der Waals surface area contributed by atoms with E-state index >= 15 is 0 Å². The number of rotatable bonds is 1. The molecule has 4 nitrogen and oxygen atoms in total. The summed E-state index contributed by atoms with van der Waals surface area (Å²) in [5.41, 5.74) is 6.19. The number of para-hydroxylation sites is 1. The molecule has 1 aliphatic rings. The summed E-state index contributed by atoms with van der Waals surface area (Å²) in [5, 5.41) is 21.5. The van der Waals surface area contributed by atoms with Crippen LogP contribution in [-0.2, 0) is 0 Å². The lowest BCUT2D eigenvalue weighted by Gasteiger charge is -2.16. The van der Waals surface area contributed by atoms with Crippen LogP contribution in [0, 0.1) is 11.3 Å². The highest BCUT2D eigenvalue weighted by atomic mass is 16.3. The fraction of sp³-hybridized carbons (Fsp3) is 0.0417. The molecule has 2 heterocycles. The molecule has 0 radical (unpaired) electrons. The summed E-state index contributed by atoms with van der Waals surface area (Å²) in [7, 11) is 0. The zero-order valence-electron chi connectivity index (χ0n) is 14.9. The Morgan fingerprint density at radius 3 is 2.57 bits per heavy atom. The summed E-state index contributed by atoms with van der Waals surface area (Å²) < 4.78 is 0. The van der Waals surface area contributed by atoms with E-state index in [-0.39, 0.29) is 0 Å². The van der Waals surface area contributed by atoms with Crippen molar-refractivity contribution in [1.82, 2.24) is 9.97 Å². The molecule has 1 atom stereocenters. The second-order valence-corrected chi connectivity index (χ2v) is 6.77. The first-order valence-corrected chi connectivity index (χ1v) is 8.99. The molecule has 4 heteroatoms. The zero-order valence-corrected chi connectivity index (χ0v) is 14.9. The molecule has 2 aromatic carbocycles. The van der Waals surface area contributed by atoms with Crippen LogP contribution in [0.5, 0.6) is 0 Å². The standard InChI is InChI=1S/C24H15N3O/c25-12-16-5-3-6-20-19(16)8-9-23-21(24(20)28)11-18(14-27-23)17-10-15-4-1-2-7-22(15)26-13-17/h1-11,13-14,24,28H. The van der Waals surface area contributed by atoms with Gasteiger partial charge < -0.3 is 5.11 Å². The minimum absolute atomic E-state index is 0.541. The van der Waals surface area contributed by atoms with E-state index in [9.17, 15) is 10.4 Å². The van der Waals surface area contributed by atoms with Gasteiger partial charge in [-0.15, -0.1) is 0 Å². The molecule has 132 valence electrons. The van der Waals surface area contributed by atoms with E-state index in [1.54, 1.807) is 18.3 Å². The molecule has 0 aliphatic heterocycles. The molecule has 5 rings (SSSR count). The van der Waals surface area contributed by atoms with Gasteiger partial charge in [-0.1, -0.05) is 36.4 Å². The summed E-state index contributed by atoms with van der Waals surface area (Å²) in [6.45, 7) is 0. The van der Waals surface area contributed by atoms with Gasteiger partial charge in [0.05, 0.1) is 22.8 Å². The number of hydrogen-bond donors (Lipinski definition) is 1. The first-order valence-electron chi connectivity index (χ1n) is 8.99. The lowest BCUT2D eigenvalue weighted by molar-refractivity contribution is 0.219. The average Bonchev–Trinajstić information content (AvgIpc) is 2.90. The molecule has 0 spiro atoms. The van der Waals surface area contributed by atoms with Gasteiger partial charge in [0.2, 0.25) is 0 Å². The number of aliphatic hydroxyl groups excluding tert-OH is 1. The van der Waals surface area contributed by atoms with E-state index in [4.69, 9.17) is 0 Å². The van der Waals surface area contributed by atoms with Gasteiger partial charge in [0.25, 0.3) is 0 Å². The van der Waals surface area contributed by atoms with Crippen molar-refractivity contribution in [3.05, 3.63) is 94.9 Å². The summed E-state index contributed by atoms with van der Waals surface area (Å²) in [4.78, 5) is 9.09. The third-order valence-corrected chi connectivity index (χ3v) is 5.13. The van der Waals surface area contributed by atoms with Gasteiger partial charge in [-0.05, 0) is 41.5 Å². The highest BCUT2D eigenvalue weighted by Crippen LogP contribution is 2.35. The average molecular weight is 361 g/mol. The largest absolute Gasteiger partial charge is 0.384 e. The van der Waals surface area contributed by atoms with Crippen molar-refractivity contribution in [2.24, 2.45) is 0 Å². The topological polar surface area (TPSA) is 69.8 Å². The molecular formula is C24H15N3O. The monoisotopic (exact) mass is 361 g/mol.